The van der Waals surface area contributed by atoms with Gasteiger partial charge < -0.3 is 4.90 Å². The smallest absolute Gasteiger partial charge is 0.0369 e. The molecule has 1 saturated heterocycles. The first kappa shape index (κ1) is 13.7. The van der Waals surface area contributed by atoms with Gasteiger partial charge >= 0.3 is 0 Å². The van der Waals surface area contributed by atoms with Gasteiger partial charge in [0.05, 0.1) is 0 Å². The van der Waals surface area contributed by atoms with Gasteiger partial charge in [-0.3, -0.25) is 0 Å². The number of alkyl halides is 1. The Morgan fingerprint density at radius 3 is 2.65 bits per heavy atom. The number of anilines is 1. The van der Waals surface area contributed by atoms with Gasteiger partial charge in [0.25, 0.3) is 0 Å². The maximum absolute atomic E-state index is 3.54. The van der Waals surface area contributed by atoms with E-state index in [1.807, 2.05) is 0 Å². The maximum Gasteiger partial charge on any atom is 0.0369 e. The second-order valence-corrected chi connectivity index (χ2v) is 6.15. The largest absolute Gasteiger partial charge is 0.371 e. The lowest BCUT2D eigenvalue weighted by Gasteiger charge is -2.20. The molecule has 0 spiro atoms. The zero-order valence-electron chi connectivity index (χ0n) is 11.8. The molecule has 1 nitrogen and oxygen atoms in total. The summed E-state index contributed by atoms with van der Waals surface area (Å²) in [7, 11) is 0. The lowest BCUT2D eigenvalue weighted by molar-refractivity contribution is 0.775. The summed E-state index contributed by atoms with van der Waals surface area (Å²) in [6, 6.07) is 17.7. The molecule has 0 radical (unpaired) electrons. The van der Waals surface area contributed by atoms with Crippen molar-refractivity contribution in [2.24, 2.45) is 0 Å². The Morgan fingerprint density at radius 2 is 1.95 bits per heavy atom. The third kappa shape index (κ3) is 2.76. The fraction of sp³-hybridized carbons (Fsp3) is 0.333. The molecular weight excluding hydrogens is 310 g/mol. The normalized spacial score (nSPS) is 18.5. The zero-order valence-corrected chi connectivity index (χ0v) is 13.4. The van der Waals surface area contributed by atoms with Crippen molar-refractivity contribution in [1.29, 1.82) is 0 Å². The number of aryl methyl sites for hydroxylation is 1. The standard InChI is InChI=1S/C18H20BrN/c1-14-11-18(8-7-16(14)12-19)20-10-9-17(13-20)15-5-3-2-4-6-15/h2-8,11,17H,9-10,12-13H2,1H3. The third-order valence-corrected chi connectivity index (χ3v) is 4.90. The third-order valence-electron chi connectivity index (χ3n) is 4.29. The molecule has 2 heteroatoms. The van der Waals surface area contributed by atoms with Crippen molar-refractivity contribution in [2.45, 2.75) is 24.6 Å². The van der Waals surface area contributed by atoms with E-state index in [-0.39, 0.29) is 0 Å². The highest BCUT2D eigenvalue weighted by Crippen LogP contribution is 2.31. The van der Waals surface area contributed by atoms with E-state index in [9.17, 15) is 0 Å². The summed E-state index contributed by atoms with van der Waals surface area (Å²) in [6.45, 7) is 4.49. The predicted octanol–water partition coefficient (Wildman–Crippen LogP) is 4.88. The molecule has 2 aromatic rings. The molecule has 0 bridgehead atoms. The average molecular weight is 330 g/mol. The molecule has 1 fully saturated rings. The summed E-state index contributed by atoms with van der Waals surface area (Å²) in [5.41, 5.74) is 5.60. The number of halogens is 1. The van der Waals surface area contributed by atoms with Crippen LogP contribution in [0.3, 0.4) is 0 Å². The fourth-order valence-electron chi connectivity index (χ4n) is 3.02. The van der Waals surface area contributed by atoms with Crippen molar-refractivity contribution >= 4 is 21.6 Å². The summed E-state index contributed by atoms with van der Waals surface area (Å²) in [5.74, 6) is 0.673. The number of rotatable bonds is 3. The van der Waals surface area contributed by atoms with E-state index >= 15 is 0 Å². The molecule has 0 aromatic heterocycles. The monoisotopic (exact) mass is 329 g/mol. The van der Waals surface area contributed by atoms with Crippen LogP contribution in [0.25, 0.3) is 0 Å². The highest BCUT2D eigenvalue weighted by Gasteiger charge is 2.23. The Labute approximate surface area is 129 Å². The Bertz CT molecular complexity index is 579. The fourth-order valence-corrected chi connectivity index (χ4v) is 3.65. The number of hydrogen-bond donors (Lipinski definition) is 0. The molecule has 0 amide bonds. The minimum absolute atomic E-state index is 0.673. The summed E-state index contributed by atoms with van der Waals surface area (Å²) in [4.78, 5) is 2.52. The van der Waals surface area contributed by atoms with Crippen molar-refractivity contribution in [3.8, 4) is 0 Å². The van der Waals surface area contributed by atoms with Crippen LogP contribution in [-0.4, -0.2) is 13.1 Å². The van der Waals surface area contributed by atoms with Crippen LogP contribution in [0.2, 0.25) is 0 Å². The van der Waals surface area contributed by atoms with Crippen molar-refractivity contribution in [1.82, 2.24) is 0 Å². The first-order valence-corrected chi connectivity index (χ1v) is 8.35. The van der Waals surface area contributed by atoms with Crippen LogP contribution in [0.4, 0.5) is 5.69 Å². The van der Waals surface area contributed by atoms with Gasteiger partial charge in [0.15, 0.2) is 0 Å². The molecule has 1 atom stereocenters. The Balaban J connectivity index is 1.76. The van der Waals surface area contributed by atoms with Crippen molar-refractivity contribution in [3.63, 3.8) is 0 Å². The van der Waals surface area contributed by atoms with Crippen LogP contribution in [0.1, 0.15) is 29.0 Å². The van der Waals surface area contributed by atoms with E-state index < -0.39 is 0 Å². The van der Waals surface area contributed by atoms with Crippen molar-refractivity contribution in [3.05, 3.63) is 65.2 Å². The second kappa shape index (κ2) is 6.01. The first-order valence-electron chi connectivity index (χ1n) is 7.23. The Morgan fingerprint density at radius 1 is 1.15 bits per heavy atom. The van der Waals surface area contributed by atoms with Gasteiger partial charge in [0, 0.05) is 30.0 Å². The van der Waals surface area contributed by atoms with E-state index in [0.717, 1.165) is 18.4 Å². The Hall–Kier alpha value is -1.28. The maximum atomic E-state index is 3.54. The van der Waals surface area contributed by atoms with E-state index in [0.29, 0.717) is 5.92 Å². The summed E-state index contributed by atoms with van der Waals surface area (Å²) >= 11 is 3.54. The topological polar surface area (TPSA) is 3.24 Å². The van der Waals surface area contributed by atoms with Gasteiger partial charge in [-0.1, -0.05) is 52.3 Å². The van der Waals surface area contributed by atoms with Crippen LogP contribution in [-0.2, 0) is 5.33 Å². The molecule has 0 aliphatic carbocycles. The number of hydrogen-bond acceptors (Lipinski definition) is 1. The van der Waals surface area contributed by atoms with Crippen molar-refractivity contribution < 1.29 is 0 Å². The zero-order chi connectivity index (χ0) is 13.9. The highest BCUT2D eigenvalue weighted by atomic mass is 79.9. The average Bonchev–Trinajstić information content (AvgIpc) is 2.98. The Kier molecular flexibility index (Phi) is 4.11. The second-order valence-electron chi connectivity index (χ2n) is 5.59. The molecule has 1 aliphatic rings. The lowest BCUT2D eigenvalue weighted by Crippen LogP contribution is -2.19. The molecule has 1 aliphatic heterocycles. The van der Waals surface area contributed by atoms with Crippen LogP contribution in [0, 0.1) is 6.92 Å². The van der Waals surface area contributed by atoms with Crippen LogP contribution in [0.15, 0.2) is 48.5 Å². The summed E-state index contributed by atoms with van der Waals surface area (Å²) in [6.07, 6.45) is 1.25. The van der Waals surface area contributed by atoms with Gasteiger partial charge in [0.1, 0.15) is 0 Å². The first-order chi connectivity index (χ1) is 9.78. The molecule has 2 aromatic carbocycles. The van der Waals surface area contributed by atoms with E-state index in [1.54, 1.807) is 0 Å². The van der Waals surface area contributed by atoms with Gasteiger partial charge in [-0.25, -0.2) is 0 Å². The number of nitrogens with zero attached hydrogens (tertiary/aromatic N) is 1. The molecule has 1 unspecified atom stereocenters. The molecule has 20 heavy (non-hydrogen) atoms. The van der Waals surface area contributed by atoms with Gasteiger partial charge in [-0.2, -0.15) is 0 Å². The minimum Gasteiger partial charge on any atom is -0.371 e. The van der Waals surface area contributed by atoms with Gasteiger partial charge in [-0.15, -0.1) is 0 Å². The SMILES string of the molecule is Cc1cc(N2CCC(c3ccccc3)C2)ccc1CBr. The lowest BCUT2D eigenvalue weighted by atomic mass is 9.99. The molecular formula is C18H20BrN. The van der Waals surface area contributed by atoms with E-state index in [2.05, 4.69) is 76.3 Å². The molecule has 1 heterocycles. The molecule has 0 saturated carbocycles. The molecule has 3 rings (SSSR count). The van der Waals surface area contributed by atoms with E-state index in [4.69, 9.17) is 0 Å². The van der Waals surface area contributed by atoms with Crippen LogP contribution < -0.4 is 4.90 Å². The summed E-state index contributed by atoms with van der Waals surface area (Å²) in [5, 5.41) is 0.936. The van der Waals surface area contributed by atoms with Gasteiger partial charge in [-0.05, 0) is 42.2 Å². The highest BCUT2D eigenvalue weighted by molar-refractivity contribution is 9.08. The van der Waals surface area contributed by atoms with Crippen LogP contribution in [0.5, 0.6) is 0 Å². The van der Waals surface area contributed by atoms with Crippen LogP contribution >= 0.6 is 15.9 Å². The van der Waals surface area contributed by atoms with Crippen molar-refractivity contribution in [2.75, 3.05) is 18.0 Å². The quantitative estimate of drug-likeness (QED) is 0.725. The molecule has 104 valence electrons. The van der Waals surface area contributed by atoms with E-state index in [1.165, 1.54) is 28.8 Å². The minimum atomic E-state index is 0.673. The van der Waals surface area contributed by atoms with Gasteiger partial charge in [0.2, 0.25) is 0 Å². The molecule has 0 N–H and O–H groups in total. The predicted molar refractivity (Wildman–Crippen MR) is 89.8 cm³/mol. The number of benzene rings is 2. The summed E-state index contributed by atoms with van der Waals surface area (Å²) < 4.78 is 0.